The highest BCUT2D eigenvalue weighted by Gasteiger charge is 2.12. The maximum atomic E-state index is 11.5. The second-order valence-corrected chi connectivity index (χ2v) is 4.68. The van der Waals surface area contributed by atoms with E-state index < -0.39 is 0 Å². The summed E-state index contributed by atoms with van der Waals surface area (Å²) >= 11 is 3.33. The van der Waals surface area contributed by atoms with Gasteiger partial charge in [0.25, 0.3) is 0 Å². The average Bonchev–Trinajstić information content (AvgIpc) is 2.61. The molecule has 0 atom stereocenters. The zero-order valence-electron chi connectivity index (χ0n) is 8.91. The molecule has 0 radical (unpaired) electrons. The minimum atomic E-state index is -0.0709. The minimum absolute atomic E-state index is 0.0504. The molecule has 0 bridgehead atoms. The molecule has 0 spiro atoms. The normalized spacial score (nSPS) is 11.0. The van der Waals surface area contributed by atoms with Crippen LogP contribution in [0.25, 0.3) is 11.0 Å². The number of fused-ring (bicyclic) bond motifs is 1. The molecule has 84 valence electrons. The Bertz CT molecular complexity index is 535. The zero-order valence-corrected chi connectivity index (χ0v) is 10.5. The molecule has 0 fully saturated rings. The predicted octanol–water partition coefficient (Wildman–Crippen LogP) is 2.31. The molecular weight excluding hydrogens is 272 g/mol. The van der Waals surface area contributed by atoms with Gasteiger partial charge in [0.2, 0.25) is 5.91 Å². The fourth-order valence-electron chi connectivity index (χ4n) is 1.24. The van der Waals surface area contributed by atoms with Crippen molar-refractivity contribution in [1.29, 1.82) is 0 Å². The minimum Gasteiger partial charge on any atom is -0.310 e. The third-order valence-corrected chi connectivity index (χ3v) is 2.58. The molecule has 2 heterocycles. The van der Waals surface area contributed by atoms with Crippen molar-refractivity contribution < 1.29 is 4.79 Å². The maximum Gasteiger partial charge on any atom is 0.228 e. The Morgan fingerprint density at radius 2 is 2.31 bits per heavy atom. The third-order valence-electron chi connectivity index (χ3n) is 2.15. The van der Waals surface area contributed by atoms with Gasteiger partial charge in [-0.1, -0.05) is 13.8 Å². The number of nitrogens with zero attached hydrogens (tertiary/aromatic N) is 2. The summed E-state index contributed by atoms with van der Waals surface area (Å²) in [5.74, 6) is 0.464. The van der Waals surface area contributed by atoms with Gasteiger partial charge in [-0.25, -0.2) is 4.98 Å². The highest BCUT2D eigenvalue weighted by molar-refractivity contribution is 9.10. The van der Waals surface area contributed by atoms with Crippen molar-refractivity contribution in [2.24, 2.45) is 5.92 Å². The number of carbonyl (C=O) groups is 1. The molecule has 0 aromatic carbocycles. The Hall–Kier alpha value is -1.43. The van der Waals surface area contributed by atoms with Crippen LogP contribution in [0.3, 0.4) is 0 Å². The number of anilines is 1. The van der Waals surface area contributed by atoms with Crippen LogP contribution in [0.5, 0.6) is 0 Å². The van der Waals surface area contributed by atoms with Gasteiger partial charge in [0.05, 0.1) is 5.39 Å². The molecule has 2 rings (SSSR count). The first-order valence-corrected chi connectivity index (χ1v) is 5.67. The Kier molecular flexibility index (Phi) is 2.91. The lowest BCUT2D eigenvalue weighted by Crippen LogP contribution is -2.18. The van der Waals surface area contributed by atoms with Crippen molar-refractivity contribution >= 4 is 38.7 Å². The third kappa shape index (κ3) is 2.06. The molecular formula is C10H11BrN4O. The summed E-state index contributed by atoms with van der Waals surface area (Å²) in [4.78, 5) is 15.7. The standard InChI is InChI=1S/C10H11BrN4O/c1-5(2)10(16)13-9-7-3-6(11)4-12-8(7)14-15-9/h3-5H,1-2H3,(H2,12,13,14,15,16). The van der Waals surface area contributed by atoms with Crippen molar-refractivity contribution in [2.45, 2.75) is 13.8 Å². The molecule has 0 saturated heterocycles. The van der Waals surface area contributed by atoms with E-state index in [2.05, 4.69) is 36.4 Å². The van der Waals surface area contributed by atoms with Gasteiger partial charge in [0.1, 0.15) is 5.82 Å². The van der Waals surface area contributed by atoms with Gasteiger partial charge in [0, 0.05) is 16.6 Å². The summed E-state index contributed by atoms with van der Waals surface area (Å²) in [7, 11) is 0. The first-order chi connectivity index (χ1) is 7.58. The van der Waals surface area contributed by atoms with Crippen LogP contribution in [-0.4, -0.2) is 21.1 Å². The Morgan fingerprint density at radius 3 is 3.00 bits per heavy atom. The molecule has 2 aromatic rings. The number of amides is 1. The van der Waals surface area contributed by atoms with Crippen LogP contribution in [0.4, 0.5) is 5.82 Å². The van der Waals surface area contributed by atoms with Crippen LogP contribution in [0.15, 0.2) is 16.7 Å². The summed E-state index contributed by atoms with van der Waals surface area (Å²) in [6, 6.07) is 1.86. The number of carbonyl (C=O) groups excluding carboxylic acids is 1. The number of hydrogen-bond donors (Lipinski definition) is 2. The molecule has 1 amide bonds. The van der Waals surface area contributed by atoms with Crippen LogP contribution in [0.2, 0.25) is 0 Å². The van der Waals surface area contributed by atoms with Crippen LogP contribution in [-0.2, 0) is 4.79 Å². The van der Waals surface area contributed by atoms with Crippen LogP contribution in [0, 0.1) is 5.92 Å². The quantitative estimate of drug-likeness (QED) is 0.888. The lowest BCUT2D eigenvalue weighted by Gasteiger charge is -2.05. The number of H-pyrrole nitrogens is 1. The molecule has 5 nitrogen and oxygen atoms in total. The summed E-state index contributed by atoms with van der Waals surface area (Å²) < 4.78 is 0.849. The highest BCUT2D eigenvalue weighted by atomic mass is 79.9. The molecule has 16 heavy (non-hydrogen) atoms. The SMILES string of the molecule is CC(C)C(=O)Nc1[nH]nc2ncc(Br)cc12. The molecule has 0 aliphatic rings. The van der Waals surface area contributed by atoms with Crippen LogP contribution >= 0.6 is 15.9 Å². The first-order valence-electron chi connectivity index (χ1n) is 4.88. The molecule has 0 aliphatic carbocycles. The number of nitrogens with one attached hydrogen (secondary N) is 2. The van der Waals surface area contributed by atoms with E-state index in [4.69, 9.17) is 0 Å². The summed E-state index contributed by atoms with van der Waals surface area (Å²) in [5, 5.41) is 10.3. The van der Waals surface area contributed by atoms with Crippen molar-refractivity contribution in [3.8, 4) is 0 Å². The number of aromatic nitrogens is 3. The van der Waals surface area contributed by atoms with E-state index in [1.54, 1.807) is 6.20 Å². The van der Waals surface area contributed by atoms with Gasteiger partial charge >= 0.3 is 0 Å². The van der Waals surface area contributed by atoms with E-state index in [0.29, 0.717) is 11.5 Å². The largest absolute Gasteiger partial charge is 0.310 e. The van der Waals surface area contributed by atoms with Crippen molar-refractivity contribution in [1.82, 2.24) is 15.2 Å². The summed E-state index contributed by atoms with van der Waals surface area (Å²) in [6.07, 6.45) is 1.66. The number of pyridine rings is 1. The predicted molar refractivity (Wildman–Crippen MR) is 65.1 cm³/mol. The van der Waals surface area contributed by atoms with E-state index in [0.717, 1.165) is 9.86 Å². The lowest BCUT2D eigenvalue weighted by atomic mass is 10.2. The molecule has 0 aliphatic heterocycles. The smallest absolute Gasteiger partial charge is 0.228 e. The second kappa shape index (κ2) is 4.21. The molecule has 6 heteroatoms. The molecule has 0 saturated carbocycles. The molecule has 2 aromatic heterocycles. The fraction of sp³-hybridized carbons (Fsp3) is 0.300. The zero-order chi connectivity index (χ0) is 11.7. The van der Waals surface area contributed by atoms with Crippen LogP contribution in [0.1, 0.15) is 13.8 Å². The van der Waals surface area contributed by atoms with Crippen molar-refractivity contribution in [3.05, 3.63) is 16.7 Å². The number of rotatable bonds is 2. The lowest BCUT2D eigenvalue weighted by molar-refractivity contribution is -0.118. The van der Waals surface area contributed by atoms with E-state index in [1.807, 2.05) is 19.9 Å². The molecule has 0 unspecified atom stereocenters. The Morgan fingerprint density at radius 1 is 1.56 bits per heavy atom. The van der Waals surface area contributed by atoms with Gasteiger partial charge < -0.3 is 5.32 Å². The van der Waals surface area contributed by atoms with Gasteiger partial charge in [-0.2, -0.15) is 5.10 Å². The topological polar surface area (TPSA) is 70.7 Å². The Balaban J connectivity index is 2.38. The first kappa shape index (κ1) is 11.1. The second-order valence-electron chi connectivity index (χ2n) is 3.77. The van der Waals surface area contributed by atoms with E-state index >= 15 is 0 Å². The van der Waals surface area contributed by atoms with Crippen molar-refractivity contribution in [3.63, 3.8) is 0 Å². The van der Waals surface area contributed by atoms with Gasteiger partial charge in [0.15, 0.2) is 5.65 Å². The van der Waals surface area contributed by atoms with Crippen molar-refractivity contribution in [2.75, 3.05) is 5.32 Å². The highest BCUT2D eigenvalue weighted by Crippen LogP contribution is 2.22. The fourth-order valence-corrected chi connectivity index (χ4v) is 1.57. The summed E-state index contributed by atoms with van der Waals surface area (Å²) in [5.41, 5.74) is 0.585. The maximum absolute atomic E-state index is 11.5. The average molecular weight is 283 g/mol. The van der Waals surface area contributed by atoms with Gasteiger partial charge in [-0.3, -0.25) is 9.89 Å². The Labute approximate surface area is 101 Å². The van der Waals surface area contributed by atoms with Gasteiger partial charge in [-0.05, 0) is 22.0 Å². The van der Waals surface area contributed by atoms with E-state index in [9.17, 15) is 4.79 Å². The monoisotopic (exact) mass is 282 g/mol. The molecule has 2 N–H and O–H groups in total. The van der Waals surface area contributed by atoms with Crippen LogP contribution < -0.4 is 5.32 Å². The number of hydrogen-bond acceptors (Lipinski definition) is 3. The number of halogens is 1. The number of aromatic amines is 1. The van der Waals surface area contributed by atoms with E-state index in [1.165, 1.54) is 0 Å². The van der Waals surface area contributed by atoms with Gasteiger partial charge in [-0.15, -0.1) is 0 Å². The summed E-state index contributed by atoms with van der Waals surface area (Å²) in [6.45, 7) is 3.67. The van der Waals surface area contributed by atoms with E-state index in [-0.39, 0.29) is 11.8 Å².